The predicted octanol–water partition coefficient (Wildman–Crippen LogP) is 4.18. The summed E-state index contributed by atoms with van der Waals surface area (Å²) in [6.45, 7) is 7.11. The lowest BCUT2D eigenvalue weighted by Gasteiger charge is -2.10. The van der Waals surface area contributed by atoms with Crippen LogP contribution in [0.15, 0.2) is 41.5 Å². The molecule has 0 aliphatic heterocycles. The summed E-state index contributed by atoms with van der Waals surface area (Å²) in [4.78, 5) is 4.45. The van der Waals surface area contributed by atoms with Crippen LogP contribution in [-0.4, -0.2) is 12.3 Å². The first-order valence-corrected chi connectivity index (χ1v) is 6.24. The van der Waals surface area contributed by atoms with Gasteiger partial charge in [0, 0.05) is 17.6 Å². The first-order chi connectivity index (χ1) is 8.27. The molecule has 0 fully saturated rings. The van der Waals surface area contributed by atoms with Crippen molar-refractivity contribution in [1.82, 2.24) is 0 Å². The topological polar surface area (TPSA) is 24.4 Å². The summed E-state index contributed by atoms with van der Waals surface area (Å²) in [7, 11) is 0. The van der Waals surface area contributed by atoms with Gasteiger partial charge in [-0.15, -0.1) is 0 Å². The van der Waals surface area contributed by atoms with Crippen LogP contribution in [-0.2, 0) is 0 Å². The Hall–Kier alpha value is -1.57. The van der Waals surface area contributed by atoms with E-state index < -0.39 is 0 Å². The second-order valence-electron chi connectivity index (χ2n) is 4.10. The van der Waals surface area contributed by atoms with Gasteiger partial charge in [0.25, 0.3) is 0 Å². The van der Waals surface area contributed by atoms with Crippen molar-refractivity contribution in [2.24, 2.45) is 4.99 Å². The van der Waals surface area contributed by atoms with E-state index in [1.165, 1.54) is 17.0 Å². The van der Waals surface area contributed by atoms with E-state index >= 15 is 0 Å². The van der Waals surface area contributed by atoms with Crippen molar-refractivity contribution in [2.75, 3.05) is 11.9 Å². The summed E-state index contributed by atoms with van der Waals surface area (Å²) in [5, 5.41) is 3.44. The second-order valence-corrected chi connectivity index (χ2v) is 4.10. The molecule has 0 spiro atoms. The van der Waals surface area contributed by atoms with Crippen LogP contribution in [0.2, 0.25) is 0 Å². The Bertz CT molecular complexity index is 392. The minimum absolute atomic E-state index is 0.822. The molecule has 0 aliphatic carbocycles. The van der Waals surface area contributed by atoms with Crippen molar-refractivity contribution < 1.29 is 0 Å². The monoisotopic (exact) mass is 230 g/mol. The molecule has 0 aromatic heterocycles. The Morgan fingerprint density at radius 3 is 2.76 bits per heavy atom. The lowest BCUT2D eigenvalue weighted by atomic mass is 10.2. The van der Waals surface area contributed by atoms with Gasteiger partial charge in [-0.1, -0.05) is 37.6 Å². The molecule has 2 nitrogen and oxygen atoms in total. The maximum atomic E-state index is 4.45. The molecule has 0 heterocycles. The maximum Gasteiger partial charge on any atom is 0.0534 e. The molecule has 0 amide bonds. The molecule has 1 aromatic rings. The Balaban J connectivity index is 2.61. The van der Waals surface area contributed by atoms with Crippen molar-refractivity contribution in [3.63, 3.8) is 0 Å². The Labute approximate surface area is 104 Å². The van der Waals surface area contributed by atoms with Gasteiger partial charge in [-0.3, -0.25) is 4.99 Å². The quantitative estimate of drug-likeness (QED) is 0.728. The molecule has 1 rings (SSSR count). The molecule has 0 bridgehead atoms. The Morgan fingerprint density at radius 1 is 1.35 bits per heavy atom. The number of benzene rings is 1. The molecule has 92 valence electrons. The van der Waals surface area contributed by atoms with Crippen molar-refractivity contribution in [2.45, 2.75) is 33.6 Å². The largest absolute Gasteiger partial charge is 0.380 e. The van der Waals surface area contributed by atoms with Gasteiger partial charge in [0.2, 0.25) is 0 Å². The van der Waals surface area contributed by atoms with Crippen LogP contribution in [0.3, 0.4) is 0 Å². The van der Waals surface area contributed by atoms with Gasteiger partial charge in [0.1, 0.15) is 0 Å². The first kappa shape index (κ1) is 13.5. The number of anilines is 1. The van der Waals surface area contributed by atoms with E-state index in [9.17, 15) is 0 Å². The summed E-state index contributed by atoms with van der Waals surface area (Å²) < 4.78 is 0. The average molecular weight is 230 g/mol. The van der Waals surface area contributed by atoms with Gasteiger partial charge in [-0.2, -0.15) is 0 Å². The molecule has 1 N–H and O–H groups in total. The number of aryl methyl sites for hydroxylation is 1. The molecular formula is C15H22N2. The molecule has 0 radical (unpaired) electrons. The van der Waals surface area contributed by atoms with Crippen molar-refractivity contribution >= 4 is 11.4 Å². The number of para-hydroxylation sites is 1. The highest BCUT2D eigenvalue weighted by Crippen LogP contribution is 2.12. The van der Waals surface area contributed by atoms with Gasteiger partial charge in [-0.05, 0) is 31.9 Å². The summed E-state index contributed by atoms with van der Waals surface area (Å²) >= 11 is 0. The van der Waals surface area contributed by atoms with Crippen molar-refractivity contribution in [1.29, 1.82) is 0 Å². The number of aliphatic imine (C=N–C) groups is 1. The predicted molar refractivity (Wildman–Crippen MR) is 76.8 cm³/mol. The third-order valence-corrected chi connectivity index (χ3v) is 2.57. The van der Waals surface area contributed by atoms with Gasteiger partial charge in [0.05, 0.1) is 6.54 Å². The van der Waals surface area contributed by atoms with Crippen LogP contribution in [0.5, 0.6) is 0 Å². The summed E-state index contributed by atoms with van der Waals surface area (Å²) in [6.07, 6.45) is 6.00. The van der Waals surface area contributed by atoms with E-state index in [0.717, 1.165) is 19.4 Å². The third kappa shape index (κ3) is 4.85. The minimum Gasteiger partial charge on any atom is -0.380 e. The molecular weight excluding hydrogens is 208 g/mol. The number of nitrogens with one attached hydrogen (secondary N) is 1. The Kier molecular flexibility index (Phi) is 6.08. The van der Waals surface area contributed by atoms with E-state index in [2.05, 4.69) is 48.4 Å². The van der Waals surface area contributed by atoms with E-state index in [0.29, 0.717) is 0 Å². The van der Waals surface area contributed by atoms with Crippen LogP contribution >= 0.6 is 0 Å². The van der Waals surface area contributed by atoms with Gasteiger partial charge in [0.15, 0.2) is 0 Å². The molecule has 1 aromatic carbocycles. The molecule has 2 heteroatoms. The van der Waals surface area contributed by atoms with Crippen molar-refractivity contribution in [3.05, 3.63) is 42.1 Å². The zero-order chi connectivity index (χ0) is 12.5. The van der Waals surface area contributed by atoms with Crippen molar-refractivity contribution in [3.8, 4) is 0 Å². The Morgan fingerprint density at radius 2 is 2.12 bits per heavy atom. The minimum atomic E-state index is 0.822. The van der Waals surface area contributed by atoms with Crippen LogP contribution in [0, 0.1) is 6.92 Å². The molecule has 17 heavy (non-hydrogen) atoms. The van der Waals surface area contributed by atoms with E-state index in [4.69, 9.17) is 0 Å². The van der Waals surface area contributed by atoms with Gasteiger partial charge >= 0.3 is 0 Å². The van der Waals surface area contributed by atoms with Crippen LogP contribution in [0.4, 0.5) is 5.69 Å². The average Bonchev–Trinajstić information content (AvgIpc) is 2.34. The lowest BCUT2D eigenvalue weighted by molar-refractivity contribution is 0.978. The van der Waals surface area contributed by atoms with E-state index in [1.807, 2.05) is 19.2 Å². The van der Waals surface area contributed by atoms with Crippen LogP contribution < -0.4 is 5.32 Å². The second kappa shape index (κ2) is 7.66. The standard InChI is InChI=1S/C15H22N2/c1-4-8-14(16-11-5-2)12-17-15-10-7-6-9-13(15)3/h5-7,9-11,17H,4,8,12H2,1-3H3/b11-5-,16-14+. The zero-order valence-corrected chi connectivity index (χ0v) is 11.0. The highest BCUT2D eigenvalue weighted by molar-refractivity contribution is 5.89. The highest BCUT2D eigenvalue weighted by Gasteiger charge is 1.99. The summed E-state index contributed by atoms with van der Waals surface area (Å²) in [5.41, 5.74) is 3.67. The van der Waals surface area contributed by atoms with Gasteiger partial charge < -0.3 is 5.32 Å². The molecule has 0 saturated heterocycles. The smallest absolute Gasteiger partial charge is 0.0534 e. The zero-order valence-electron chi connectivity index (χ0n) is 11.0. The summed E-state index contributed by atoms with van der Waals surface area (Å²) in [6, 6.07) is 8.33. The molecule has 0 unspecified atom stereocenters. The normalized spacial score (nSPS) is 12.1. The fraction of sp³-hybridized carbons (Fsp3) is 0.400. The fourth-order valence-electron chi connectivity index (χ4n) is 1.64. The number of nitrogens with zero attached hydrogens (tertiary/aromatic N) is 1. The summed E-state index contributed by atoms with van der Waals surface area (Å²) in [5.74, 6) is 0. The number of hydrogen-bond donors (Lipinski definition) is 1. The lowest BCUT2D eigenvalue weighted by Crippen LogP contribution is -2.14. The van der Waals surface area contributed by atoms with Gasteiger partial charge in [-0.25, -0.2) is 0 Å². The number of allylic oxidation sites excluding steroid dienone is 1. The molecule has 0 aliphatic rings. The SMILES string of the molecule is C/C=C\N=C(/CCC)CNc1ccccc1C. The van der Waals surface area contributed by atoms with E-state index in [-0.39, 0.29) is 0 Å². The molecule has 0 atom stereocenters. The maximum absolute atomic E-state index is 4.45. The fourth-order valence-corrected chi connectivity index (χ4v) is 1.64. The van der Waals surface area contributed by atoms with Crippen LogP contribution in [0.25, 0.3) is 0 Å². The number of hydrogen-bond acceptors (Lipinski definition) is 2. The number of rotatable bonds is 6. The van der Waals surface area contributed by atoms with Crippen LogP contribution in [0.1, 0.15) is 32.3 Å². The third-order valence-electron chi connectivity index (χ3n) is 2.57. The van der Waals surface area contributed by atoms with E-state index in [1.54, 1.807) is 0 Å². The first-order valence-electron chi connectivity index (χ1n) is 6.24. The highest BCUT2D eigenvalue weighted by atomic mass is 14.9. The molecule has 0 saturated carbocycles.